The van der Waals surface area contributed by atoms with E-state index < -0.39 is 0 Å². The first-order chi connectivity index (χ1) is 9.38. The molecule has 0 saturated heterocycles. The molecule has 0 spiro atoms. The van der Waals surface area contributed by atoms with Crippen molar-refractivity contribution in [2.75, 3.05) is 12.8 Å². The molecule has 0 aliphatic rings. The molecule has 0 bridgehead atoms. The fraction of sp³-hybridized carbons (Fsp3) is 0.438. The van der Waals surface area contributed by atoms with E-state index in [4.69, 9.17) is 10.5 Å². The summed E-state index contributed by atoms with van der Waals surface area (Å²) in [6.07, 6.45) is 2.72. The zero-order chi connectivity index (χ0) is 14.9. The minimum Gasteiger partial charge on any atom is -0.496 e. The molecule has 1 aromatic carbocycles. The van der Waals surface area contributed by atoms with Gasteiger partial charge in [0, 0.05) is 16.7 Å². The van der Waals surface area contributed by atoms with E-state index in [0.29, 0.717) is 5.82 Å². The van der Waals surface area contributed by atoms with Gasteiger partial charge in [-0.15, -0.1) is 0 Å². The van der Waals surface area contributed by atoms with Crippen LogP contribution in [0.2, 0.25) is 0 Å². The van der Waals surface area contributed by atoms with Gasteiger partial charge in [0.05, 0.1) is 13.3 Å². The fourth-order valence-corrected chi connectivity index (χ4v) is 2.38. The number of methoxy groups -OCH3 is 1. The highest BCUT2D eigenvalue weighted by Crippen LogP contribution is 2.41. The molecule has 0 aliphatic carbocycles. The number of nitrogen functional groups attached to an aromatic ring is 1. The van der Waals surface area contributed by atoms with Crippen LogP contribution in [0.4, 0.5) is 5.82 Å². The van der Waals surface area contributed by atoms with Crippen molar-refractivity contribution in [1.29, 1.82) is 0 Å². The van der Waals surface area contributed by atoms with Crippen LogP contribution in [0, 0.1) is 0 Å². The molecule has 4 nitrogen and oxygen atoms in total. The van der Waals surface area contributed by atoms with Gasteiger partial charge in [-0.05, 0) is 23.5 Å². The van der Waals surface area contributed by atoms with Crippen molar-refractivity contribution in [3.05, 3.63) is 29.5 Å². The Kier molecular flexibility index (Phi) is 3.75. The van der Waals surface area contributed by atoms with Crippen molar-refractivity contribution < 1.29 is 4.74 Å². The molecular weight excluding hydrogens is 250 g/mol. The standard InChI is InChI=1S/C16H23N3O/c1-6-10-7-11(12-9-18-19-15(12)17)14(20-5)13(8-10)16(2,3)4/h7-9H,6H2,1-5H3,(H3,17,18,19). The van der Waals surface area contributed by atoms with Crippen molar-refractivity contribution in [3.8, 4) is 16.9 Å². The molecule has 1 aromatic heterocycles. The summed E-state index contributed by atoms with van der Waals surface area (Å²) < 4.78 is 5.68. The molecule has 4 heteroatoms. The average Bonchev–Trinajstić information content (AvgIpc) is 2.82. The monoisotopic (exact) mass is 273 g/mol. The van der Waals surface area contributed by atoms with Crippen LogP contribution in [0.1, 0.15) is 38.8 Å². The van der Waals surface area contributed by atoms with Gasteiger partial charge in [0.1, 0.15) is 11.6 Å². The Bertz CT molecular complexity index is 609. The van der Waals surface area contributed by atoms with Gasteiger partial charge in [0.25, 0.3) is 0 Å². The van der Waals surface area contributed by atoms with Gasteiger partial charge in [0.2, 0.25) is 0 Å². The summed E-state index contributed by atoms with van der Waals surface area (Å²) >= 11 is 0. The first-order valence-corrected chi connectivity index (χ1v) is 6.89. The molecule has 0 saturated carbocycles. The summed E-state index contributed by atoms with van der Waals surface area (Å²) in [4.78, 5) is 0. The Hall–Kier alpha value is -1.97. The van der Waals surface area contributed by atoms with E-state index in [1.54, 1.807) is 13.3 Å². The maximum atomic E-state index is 5.97. The van der Waals surface area contributed by atoms with Crippen LogP contribution in [0.25, 0.3) is 11.1 Å². The number of aromatic amines is 1. The second-order valence-corrected chi connectivity index (χ2v) is 6.03. The molecule has 20 heavy (non-hydrogen) atoms. The summed E-state index contributed by atoms with van der Waals surface area (Å²) in [5.41, 5.74) is 10.3. The third kappa shape index (κ3) is 2.50. The molecule has 0 unspecified atom stereocenters. The van der Waals surface area contributed by atoms with Crippen molar-refractivity contribution in [2.24, 2.45) is 0 Å². The molecule has 0 fully saturated rings. The lowest BCUT2D eigenvalue weighted by Gasteiger charge is -2.25. The van der Waals surface area contributed by atoms with E-state index in [1.165, 1.54) is 11.1 Å². The lowest BCUT2D eigenvalue weighted by atomic mass is 9.83. The molecule has 2 aromatic rings. The van der Waals surface area contributed by atoms with Gasteiger partial charge in [-0.1, -0.05) is 33.8 Å². The van der Waals surface area contributed by atoms with E-state index >= 15 is 0 Å². The van der Waals surface area contributed by atoms with E-state index in [1.807, 2.05) is 0 Å². The number of ether oxygens (including phenoxy) is 1. The Morgan fingerprint density at radius 2 is 1.95 bits per heavy atom. The van der Waals surface area contributed by atoms with E-state index in [-0.39, 0.29) is 5.41 Å². The van der Waals surface area contributed by atoms with Crippen LogP contribution in [-0.2, 0) is 11.8 Å². The second-order valence-electron chi connectivity index (χ2n) is 6.03. The van der Waals surface area contributed by atoms with Crippen LogP contribution < -0.4 is 10.5 Å². The number of hydrogen-bond donors (Lipinski definition) is 2. The number of nitrogens with two attached hydrogens (primary N) is 1. The number of aryl methyl sites for hydroxylation is 1. The quantitative estimate of drug-likeness (QED) is 0.899. The van der Waals surface area contributed by atoms with Gasteiger partial charge in [0.15, 0.2) is 0 Å². The van der Waals surface area contributed by atoms with Crippen molar-refractivity contribution in [3.63, 3.8) is 0 Å². The van der Waals surface area contributed by atoms with Gasteiger partial charge >= 0.3 is 0 Å². The molecular formula is C16H23N3O. The van der Waals surface area contributed by atoms with Crippen molar-refractivity contribution >= 4 is 5.82 Å². The number of nitrogens with zero attached hydrogens (tertiary/aromatic N) is 1. The molecule has 0 radical (unpaired) electrons. The zero-order valence-electron chi connectivity index (χ0n) is 12.9. The lowest BCUT2D eigenvalue weighted by Crippen LogP contribution is -2.14. The van der Waals surface area contributed by atoms with Gasteiger partial charge in [-0.3, -0.25) is 5.10 Å². The molecule has 0 amide bonds. The van der Waals surface area contributed by atoms with Crippen molar-refractivity contribution in [2.45, 2.75) is 39.5 Å². The number of rotatable bonds is 3. The number of H-pyrrole nitrogens is 1. The second kappa shape index (κ2) is 5.19. The summed E-state index contributed by atoms with van der Waals surface area (Å²) in [6.45, 7) is 8.71. The van der Waals surface area contributed by atoms with Crippen LogP contribution in [0.15, 0.2) is 18.3 Å². The van der Waals surface area contributed by atoms with Crippen LogP contribution in [0.3, 0.4) is 0 Å². The maximum absolute atomic E-state index is 5.97. The summed E-state index contributed by atoms with van der Waals surface area (Å²) in [5, 5.41) is 6.80. The normalized spacial score (nSPS) is 11.7. The molecule has 0 aliphatic heterocycles. The highest BCUT2D eigenvalue weighted by atomic mass is 16.5. The van der Waals surface area contributed by atoms with Gasteiger partial charge in [-0.25, -0.2) is 0 Å². The Labute approximate surface area is 120 Å². The molecule has 1 heterocycles. The number of anilines is 1. The Morgan fingerprint density at radius 3 is 2.40 bits per heavy atom. The Morgan fingerprint density at radius 1 is 1.25 bits per heavy atom. The predicted molar refractivity (Wildman–Crippen MR) is 83.1 cm³/mol. The smallest absolute Gasteiger partial charge is 0.130 e. The molecule has 2 rings (SSSR count). The largest absolute Gasteiger partial charge is 0.496 e. The highest BCUT2D eigenvalue weighted by Gasteiger charge is 2.23. The SMILES string of the molecule is CCc1cc(-c2cn[nH]c2N)c(OC)c(C(C)(C)C)c1. The molecule has 3 N–H and O–H groups in total. The van der Waals surface area contributed by atoms with Crippen LogP contribution in [-0.4, -0.2) is 17.3 Å². The van der Waals surface area contributed by atoms with Gasteiger partial charge < -0.3 is 10.5 Å². The predicted octanol–water partition coefficient (Wildman–Crippen LogP) is 3.53. The number of benzene rings is 1. The summed E-state index contributed by atoms with van der Waals surface area (Å²) in [5.74, 6) is 1.44. The molecule has 0 atom stereocenters. The maximum Gasteiger partial charge on any atom is 0.130 e. The van der Waals surface area contributed by atoms with Crippen molar-refractivity contribution in [1.82, 2.24) is 10.2 Å². The van der Waals surface area contributed by atoms with Crippen LogP contribution in [0.5, 0.6) is 5.75 Å². The third-order valence-corrected chi connectivity index (χ3v) is 3.53. The molecule has 108 valence electrons. The van der Waals surface area contributed by atoms with E-state index in [0.717, 1.165) is 23.3 Å². The topological polar surface area (TPSA) is 63.9 Å². The third-order valence-electron chi connectivity index (χ3n) is 3.53. The number of nitrogens with one attached hydrogen (secondary N) is 1. The summed E-state index contributed by atoms with van der Waals surface area (Å²) in [6, 6.07) is 4.36. The van der Waals surface area contributed by atoms with Gasteiger partial charge in [-0.2, -0.15) is 5.10 Å². The van der Waals surface area contributed by atoms with Crippen LogP contribution >= 0.6 is 0 Å². The number of aromatic nitrogens is 2. The number of hydrogen-bond acceptors (Lipinski definition) is 3. The summed E-state index contributed by atoms with van der Waals surface area (Å²) in [7, 11) is 1.70. The lowest BCUT2D eigenvalue weighted by molar-refractivity contribution is 0.399. The van der Waals surface area contributed by atoms with E-state index in [9.17, 15) is 0 Å². The minimum absolute atomic E-state index is 0.00374. The highest BCUT2D eigenvalue weighted by molar-refractivity contribution is 5.80. The van der Waals surface area contributed by atoms with E-state index in [2.05, 4.69) is 50.0 Å². The first-order valence-electron chi connectivity index (χ1n) is 6.89. The average molecular weight is 273 g/mol. The minimum atomic E-state index is 0.00374. The zero-order valence-corrected chi connectivity index (χ0v) is 12.9. The Balaban J connectivity index is 2.76. The first kappa shape index (κ1) is 14.4. The fourth-order valence-electron chi connectivity index (χ4n) is 2.38.